The molecule has 6 nitrogen and oxygen atoms in total. The zero-order chi connectivity index (χ0) is 15.4. The summed E-state index contributed by atoms with van der Waals surface area (Å²) >= 11 is 3.47. The predicted molar refractivity (Wildman–Crippen MR) is 88.3 cm³/mol. The molecule has 0 amide bonds. The molecule has 4 saturated heterocycles. The summed E-state index contributed by atoms with van der Waals surface area (Å²) in [6, 6.07) is 10.3. The molecule has 0 atom stereocenters. The molecule has 0 saturated carbocycles. The third-order valence-electron chi connectivity index (χ3n) is 4.89. The first kappa shape index (κ1) is 14.1. The molecule has 0 radical (unpaired) electrons. The molecule has 1 aromatic carbocycles. The average molecular weight is 377 g/mol. The van der Waals surface area contributed by atoms with Gasteiger partial charge in [-0.05, 0) is 12.1 Å². The van der Waals surface area contributed by atoms with Crippen molar-refractivity contribution in [3.8, 4) is 11.3 Å². The number of rotatable bonds is 3. The van der Waals surface area contributed by atoms with Gasteiger partial charge in [-0.25, -0.2) is 14.7 Å². The lowest BCUT2D eigenvalue weighted by molar-refractivity contribution is -0.992. The molecule has 0 spiro atoms. The van der Waals surface area contributed by atoms with E-state index in [9.17, 15) is 0 Å². The largest absolute Gasteiger partial charge is 0.355 e. The van der Waals surface area contributed by atoms with Crippen molar-refractivity contribution in [3.63, 3.8) is 0 Å². The molecule has 0 N–H and O–H groups in total. The van der Waals surface area contributed by atoms with Crippen molar-refractivity contribution >= 4 is 15.9 Å². The first-order valence-corrected chi connectivity index (χ1v) is 8.71. The molecule has 120 valence electrons. The van der Waals surface area contributed by atoms with Crippen LogP contribution in [-0.2, 0) is 6.54 Å². The van der Waals surface area contributed by atoms with Gasteiger partial charge in [0.2, 0.25) is 0 Å². The summed E-state index contributed by atoms with van der Waals surface area (Å²) in [7, 11) is 0. The monoisotopic (exact) mass is 376 g/mol. The van der Waals surface area contributed by atoms with E-state index in [1.807, 2.05) is 12.1 Å². The van der Waals surface area contributed by atoms with Crippen LogP contribution in [0.15, 0.2) is 39.3 Å². The zero-order valence-corrected chi connectivity index (χ0v) is 14.4. The van der Waals surface area contributed by atoms with Gasteiger partial charge in [0, 0.05) is 16.1 Å². The van der Waals surface area contributed by atoms with Gasteiger partial charge >= 0.3 is 0 Å². The molecule has 1 aromatic heterocycles. The molecule has 0 unspecified atom stereocenters. The number of aromatic nitrogens is 1. The van der Waals surface area contributed by atoms with Crippen molar-refractivity contribution in [1.29, 1.82) is 0 Å². The van der Waals surface area contributed by atoms with E-state index in [1.54, 1.807) is 0 Å². The molecule has 0 aliphatic carbocycles. The summed E-state index contributed by atoms with van der Waals surface area (Å²) in [5.41, 5.74) is 2.01. The van der Waals surface area contributed by atoms with Crippen LogP contribution in [0.4, 0.5) is 0 Å². The highest BCUT2D eigenvalue weighted by atomic mass is 79.9. The van der Waals surface area contributed by atoms with Gasteiger partial charge in [0.15, 0.2) is 5.76 Å². The van der Waals surface area contributed by atoms with E-state index in [1.165, 1.54) is 0 Å². The lowest BCUT2D eigenvalue weighted by atomic mass is 10.1. The molecule has 4 fully saturated rings. The summed E-state index contributed by atoms with van der Waals surface area (Å²) < 4.78 is 7.77. The third-order valence-corrected chi connectivity index (χ3v) is 5.42. The van der Waals surface area contributed by atoms with Crippen molar-refractivity contribution in [1.82, 2.24) is 19.9 Å². The van der Waals surface area contributed by atoms with Crippen LogP contribution in [0.2, 0.25) is 0 Å². The van der Waals surface area contributed by atoms with Crippen LogP contribution in [0.25, 0.3) is 11.3 Å². The van der Waals surface area contributed by atoms with Gasteiger partial charge < -0.3 is 4.52 Å². The van der Waals surface area contributed by atoms with Crippen LogP contribution in [0, 0.1) is 0 Å². The summed E-state index contributed by atoms with van der Waals surface area (Å²) in [6.45, 7) is 7.57. The van der Waals surface area contributed by atoms with E-state index in [0.29, 0.717) is 0 Å². The second-order valence-corrected chi connectivity index (χ2v) is 7.96. The predicted octanol–water partition coefficient (Wildman–Crippen LogP) is 2.11. The summed E-state index contributed by atoms with van der Waals surface area (Å²) in [5.74, 6) is 0.980. The lowest BCUT2D eigenvalue weighted by Crippen LogP contribution is -2.78. The van der Waals surface area contributed by atoms with Crippen molar-refractivity contribution in [2.24, 2.45) is 0 Å². The highest BCUT2D eigenvalue weighted by molar-refractivity contribution is 9.10. The van der Waals surface area contributed by atoms with Crippen LogP contribution < -0.4 is 0 Å². The van der Waals surface area contributed by atoms with Crippen LogP contribution in [0.1, 0.15) is 5.76 Å². The SMILES string of the molecule is Brc1ccc(-c2cc(C[N+]34CN5CN(CN(C5)C3)C4)on2)cc1. The molecule has 6 rings (SSSR count). The zero-order valence-electron chi connectivity index (χ0n) is 12.9. The number of hydrogen-bond donors (Lipinski definition) is 0. The molecule has 4 bridgehead atoms. The second-order valence-electron chi connectivity index (χ2n) is 7.05. The highest BCUT2D eigenvalue weighted by Gasteiger charge is 2.48. The molecule has 5 heterocycles. The van der Waals surface area contributed by atoms with E-state index in [-0.39, 0.29) is 0 Å². The standard InChI is InChI=1S/C16H19BrN5O/c17-14-3-1-13(2-4-14)16-5-15(23-18-16)6-22-10-19-7-20(11-22)9-21(8-19)12-22/h1-5H,6-12H2/q+1. The second kappa shape index (κ2) is 5.12. The number of hydrogen-bond acceptors (Lipinski definition) is 5. The highest BCUT2D eigenvalue weighted by Crippen LogP contribution is 2.31. The summed E-state index contributed by atoms with van der Waals surface area (Å²) in [4.78, 5) is 7.55. The summed E-state index contributed by atoms with van der Waals surface area (Å²) in [6.07, 6.45) is 0. The maximum atomic E-state index is 5.66. The van der Waals surface area contributed by atoms with Gasteiger partial charge in [0.05, 0.1) is 20.0 Å². The Labute approximate surface area is 143 Å². The fraction of sp³-hybridized carbons (Fsp3) is 0.438. The van der Waals surface area contributed by atoms with Crippen LogP contribution in [-0.4, -0.2) is 64.4 Å². The van der Waals surface area contributed by atoms with Gasteiger partial charge in [-0.2, -0.15) is 0 Å². The Morgan fingerprint density at radius 2 is 1.61 bits per heavy atom. The van der Waals surface area contributed by atoms with E-state index in [2.05, 4.69) is 54.0 Å². The topological polar surface area (TPSA) is 35.8 Å². The fourth-order valence-corrected chi connectivity index (χ4v) is 4.55. The van der Waals surface area contributed by atoms with Gasteiger partial charge in [-0.3, -0.25) is 4.48 Å². The van der Waals surface area contributed by atoms with Crippen LogP contribution in [0.5, 0.6) is 0 Å². The first-order chi connectivity index (χ1) is 11.2. The van der Waals surface area contributed by atoms with E-state index in [0.717, 1.165) is 72.5 Å². The first-order valence-electron chi connectivity index (χ1n) is 7.91. The van der Waals surface area contributed by atoms with Crippen LogP contribution >= 0.6 is 15.9 Å². The van der Waals surface area contributed by atoms with Gasteiger partial charge in [0.1, 0.15) is 32.2 Å². The van der Waals surface area contributed by atoms with Gasteiger partial charge in [0.25, 0.3) is 0 Å². The Morgan fingerprint density at radius 1 is 1.00 bits per heavy atom. The van der Waals surface area contributed by atoms with Crippen LogP contribution in [0.3, 0.4) is 0 Å². The van der Waals surface area contributed by atoms with Crippen molar-refractivity contribution in [2.45, 2.75) is 6.54 Å². The van der Waals surface area contributed by atoms with E-state index >= 15 is 0 Å². The van der Waals surface area contributed by atoms with E-state index < -0.39 is 0 Å². The number of benzene rings is 1. The van der Waals surface area contributed by atoms with Gasteiger partial charge in [-0.15, -0.1) is 0 Å². The number of nitrogens with zero attached hydrogens (tertiary/aromatic N) is 5. The molecular weight excluding hydrogens is 358 g/mol. The fourth-order valence-electron chi connectivity index (χ4n) is 4.28. The normalized spacial score (nSPS) is 34.9. The lowest BCUT2D eigenvalue weighted by Gasteiger charge is -2.60. The van der Waals surface area contributed by atoms with Crippen molar-refractivity contribution in [2.75, 3.05) is 40.0 Å². The molecular formula is C16H19BrN5O+. The maximum absolute atomic E-state index is 5.66. The molecule has 4 aliphatic rings. The number of halogens is 1. The molecule has 4 aliphatic heterocycles. The van der Waals surface area contributed by atoms with Gasteiger partial charge in [-0.1, -0.05) is 33.2 Å². The Bertz CT molecular complexity index is 693. The average Bonchev–Trinajstić information content (AvgIpc) is 2.94. The quantitative estimate of drug-likeness (QED) is 0.766. The smallest absolute Gasteiger partial charge is 0.191 e. The van der Waals surface area contributed by atoms with E-state index in [4.69, 9.17) is 4.52 Å². The minimum atomic E-state index is 0.910. The Morgan fingerprint density at radius 3 is 2.22 bits per heavy atom. The Hall–Kier alpha value is -1.25. The summed E-state index contributed by atoms with van der Waals surface area (Å²) in [5, 5.41) is 4.27. The molecule has 23 heavy (non-hydrogen) atoms. The minimum Gasteiger partial charge on any atom is -0.355 e. The molecule has 2 aromatic rings. The van der Waals surface area contributed by atoms with Crippen molar-refractivity contribution < 1.29 is 9.01 Å². The Kier molecular flexibility index (Phi) is 3.15. The van der Waals surface area contributed by atoms with Crippen molar-refractivity contribution in [3.05, 3.63) is 40.6 Å². The molecule has 7 heteroatoms. The third kappa shape index (κ3) is 2.53. The number of quaternary nitrogens is 1. The Balaban J connectivity index is 1.38. The maximum Gasteiger partial charge on any atom is 0.191 e. The minimum absolute atomic E-state index is 0.910.